The van der Waals surface area contributed by atoms with Gasteiger partial charge in [0, 0.05) is 17.6 Å². The standard InChI is InChI=1S/C14H18N2/c1-3-10(2)14(15)12-7-6-11-5-4-8-16-13(11)9-12/h4-10,14H,3,15H2,1-2H3. The molecule has 0 radical (unpaired) electrons. The van der Waals surface area contributed by atoms with Crippen LogP contribution in [0.5, 0.6) is 0 Å². The average molecular weight is 214 g/mol. The van der Waals surface area contributed by atoms with Crippen LogP contribution in [0.1, 0.15) is 31.9 Å². The lowest BCUT2D eigenvalue weighted by Gasteiger charge is -2.18. The lowest BCUT2D eigenvalue weighted by Crippen LogP contribution is -2.18. The summed E-state index contributed by atoms with van der Waals surface area (Å²) in [6.45, 7) is 4.36. The molecule has 16 heavy (non-hydrogen) atoms. The van der Waals surface area contributed by atoms with Gasteiger partial charge in [0.1, 0.15) is 0 Å². The second kappa shape index (κ2) is 4.62. The molecule has 2 aromatic rings. The fourth-order valence-electron chi connectivity index (χ4n) is 1.87. The van der Waals surface area contributed by atoms with Crippen LogP contribution < -0.4 is 5.73 Å². The number of hydrogen-bond acceptors (Lipinski definition) is 2. The topological polar surface area (TPSA) is 38.9 Å². The third kappa shape index (κ3) is 2.07. The summed E-state index contributed by atoms with van der Waals surface area (Å²) in [6, 6.07) is 10.4. The Balaban J connectivity index is 2.39. The molecule has 2 N–H and O–H groups in total. The molecule has 0 spiro atoms. The van der Waals surface area contributed by atoms with E-state index in [9.17, 15) is 0 Å². The summed E-state index contributed by atoms with van der Waals surface area (Å²) in [6.07, 6.45) is 2.92. The van der Waals surface area contributed by atoms with Gasteiger partial charge in [-0.3, -0.25) is 4.98 Å². The Morgan fingerprint density at radius 3 is 2.88 bits per heavy atom. The van der Waals surface area contributed by atoms with E-state index in [1.165, 1.54) is 10.9 Å². The number of fused-ring (bicyclic) bond motifs is 1. The van der Waals surface area contributed by atoms with E-state index in [0.29, 0.717) is 5.92 Å². The molecule has 2 atom stereocenters. The minimum absolute atomic E-state index is 0.108. The molecule has 0 saturated heterocycles. The number of nitrogens with two attached hydrogens (primary N) is 1. The molecular weight excluding hydrogens is 196 g/mol. The molecule has 0 aliphatic heterocycles. The molecule has 2 unspecified atom stereocenters. The number of pyridine rings is 1. The van der Waals surface area contributed by atoms with Gasteiger partial charge in [-0.1, -0.05) is 38.5 Å². The normalized spacial score (nSPS) is 14.9. The summed E-state index contributed by atoms with van der Waals surface area (Å²) < 4.78 is 0. The first-order chi connectivity index (χ1) is 7.72. The van der Waals surface area contributed by atoms with Crippen LogP contribution in [-0.4, -0.2) is 4.98 Å². The first-order valence-electron chi connectivity index (χ1n) is 5.82. The van der Waals surface area contributed by atoms with Crippen LogP contribution in [0.15, 0.2) is 36.5 Å². The van der Waals surface area contributed by atoms with Gasteiger partial charge < -0.3 is 5.73 Å². The minimum Gasteiger partial charge on any atom is -0.324 e. The van der Waals surface area contributed by atoms with E-state index in [1.807, 2.05) is 12.3 Å². The van der Waals surface area contributed by atoms with Crippen LogP contribution in [0.2, 0.25) is 0 Å². The van der Waals surface area contributed by atoms with Gasteiger partial charge in [0.25, 0.3) is 0 Å². The van der Waals surface area contributed by atoms with Gasteiger partial charge in [-0.15, -0.1) is 0 Å². The van der Waals surface area contributed by atoms with Crippen molar-refractivity contribution in [1.82, 2.24) is 4.98 Å². The van der Waals surface area contributed by atoms with Gasteiger partial charge in [0.15, 0.2) is 0 Å². The molecule has 0 amide bonds. The van der Waals surface area contributed by atoms with E-state index >= 15 is 0 Å². The quantitative estimate of drug-likeness (QED) is 0.851. The monoisotopic (exact) mass is 214 g/mol. The maximum absolute atomic E-state index is 6.21. The number of nitrogens with zero attached hydrogens (tertiary/aromatic N) is 1. The highest BCUT2D eigenvalue weighted by Gasteiger charge is 2.13. The van der Waals surface area contributed by atoms with Crippen molar-refractivity contribution in [2.75, 3.05) is 0 Å². The van der Waals surface area contributed by atoms with Crippen LogP contribution >= 0.6 is 0 Å². The van der Waals surface area contributed by atoms with E-state index < -0.39 is 0 Å². The Hall–Kier alpha value is -1.41. The average Bonchev–Trinajstić information content (AvgIpc) is 2.36. The lowest BCUT2D eigenvalue weighted by atomic mass is 9.93. The Bertz CT molecular complexity index is 479. The summed E-state index contributed by atoms with van der Waals surface area (Å²) in [5, 5.41) is 1.17. The minimum atomic E-state index is 0.108. The van der Waals surface area contributed by atoms with Crippen molar-refractivity contribution in [2.45, 2.75) is 26.3 Å². The van der Waals surface area contributed by atoms with Crippen LogP contribution in [0, 0.1) is 5.92 Å². The predicted octanol–water partition coefficient (Wildman–Crippen LogP) is 3.28. The maximum atomic E-state index is 6.21. The van der Waals surface area contributed by atoms with Gasteiger partial charge >= 0.3 is 0 Å². The van der Waals surface area contributed by atoms with Crippen LogP contribution in [-0.2, 0) is 0 Å². The Labute approximate surface area is 96.5 Å². The highest BCUT2D eigenvalue weighted by atomic mass is 14.7. The number of rotatable bonds is 3. The highest BCUT2D eigenvalue weighted by molar-refractivity contribution is 5.78. The Morgan fingerprint density at radius 2 is 2.12 bits per heavy atom. The largest absolute Gasteiger partial charge is 0.324 e. The first-order valence-corrected chi connectivity index (χ1v) is 5.82. The Kier molecular flexibility index (Phi) is 3.20. The molecule has 0 aliphatic rings. The molecule has 2 rings (SSSR count). The third-order valence-corrected chi connectivity index (χ3v) is 3.27. The molecule has 0 bridgehead atoms. The smallest absolute Gasteiger partial charge is 0.0705 e. The summed E-state index contributed by atoms with van der Waals surface area (Å²) >= 11 is 0. The van der Waals surface area contributed by atoms with Gasteiger partial charge in [0.2, 0.25) is 0 Å². The number of hydrogen-bond donors (Lipinski definition) is 1. The molecule has 0 saturated carbocycles. The zero-order chi connectivity index (χ0) is 11.5. The third-order valence-electron chi connectivity index (χ3n) is 3.27. The van der Waals surface area contributed by atoms with Crippen molar-refractivity contribution in [2.24, 2.45) is 11.7 Å². The van der Waals surface area contributed by atoms with E-state index in [2.05, 4.69) is 43.1 Å². The van der Waals surface area contributed by atoms with Crippen molar-refractivity contribution in [1.29, 1.82) is 0 Å². The second-order valence-corrected chi connectivity index (χ2v) is 4.37. The molecule has 1 aromatic heterocycles. The van der Waals surface area contributed by atoms with Crippen molar-refractivity contribution in [3.8, 4) is 0 Å². The molecule has 0 fully saturated rings. The van der Waals surface area contributed by atoms with Crippen LogP contribution in [0.25, 0.3) is 10.9 Å². The van der Waals surface area contributed by atoms with E-state index in [-0.39, 0.29) is 6.04 Å². The predicted molar refractivity (Wildman–Crippen MR) is 68.1 cm³/mol. The molecule has 1 heterocycles. The van der Waals surface area contributed by atoms with Crippen LogP contribution in [0.3, 0.4) is 0 Å². The van der Waals surface area contributed by atoms with E-state index in [1.54, 1.807) is 0 Å². The van der Waals surface area contributed by atoms with Crippen LogP contribution in [0.4, 0.5) is 0 Å². The van der Waals surface area contributed by atoms with E-state index in [0.717, 1.165) is 11.9 Å². The fraction of sp³-hybridized carbons (Fsp3) is 0.357. The summed E-state index contributed by atoms with van der Waals surface area (Å²) in [7, 11) is 0. The first kappa shape index (κ1) is 11.1. The van der Waals surface area contributed by atoms with Crippen molar-refractivity contribution < 1.29 is 0 Å². The molecule has 84 valence electrons. The zero-order valence-corrected chi connectivity index (χ0v) is 9.85. The van der Waals surface area contributed by atoms with Gasteiger partial charge in [0.05, 0.1) is 5.52 Å². The van der Waals surface area contributed by atoms with Crippen molar-refractivity contribution >= 4 is 10.9 Å². The molecule has 1 aromatic carbocycles. The number of benzene rings is 1. The summed E-state index contributed by atoms with van der Waals surface area (Å²) in [4.78, 5) is 4.35. The zero-order valence-electron chi connectivity index (χ0n) is 9.85. The van der Waals surface area contributed by atoms with Gasteiger partial charge in [-0.25, -0.2) is 0 Å². The molecule has 2 nitrogen and oxygen atoms in total. The fourth-order valence-corrected chi connectivity index (χ4v) is 1.87. The molecule has 2 heteroatoms. The lowest BCUT2D eigenvalue weighted by molar-refractivity contribution is 0.457. The maximum Gasteiger partial charge on any atom is 0.0705 e. The highest BCUT2D eigenvalue weighted by Crippen LogP contribution is 2.24. The summed E-state index contributed by atoms with van der Waals surface area (Å²) in [5.41, 5.74) is 8.42. The Morgan fingerprint density at radius 1 is 1.31 bits per heavy atom. The number of aromatic nitrogens is 1. The van der Waals surface area contributed by atoms with E-state index in [4.69, 9.17) is 5.73 Å². The summed E-state index contributed by atoms with van der Waals surface area (Å²) in [5.74, 6) is 0.501. The molecular formula is C14H18N2. The van der Waals surface area contributed by atoms with Crippen molar-refractivity contribution in [3.63, 3.8) is 0 Å². The van der Waals surface area contributed by atoms with Gasteiger partial charge in [-0.05, 0) is 23.6 Å². The SMILES string of the molecule is CCC(C)C(N)c1ccc2cccnc2c1. The van der Waals surface area contributed by atoms with Crippen molar-refractivity contribution in [3.05, 3.63) is 42.1 Å². The second-order valence-electron chi connectivity index (χ2n) is 4.37. The van der Waals surface area contributed by atoms with Gasteiger partial charge in [-0.2, -0.15) is 0 Å². The molecule has 0 aliphatic carbocycles.